The van der Waals surface area contributed by atoms with Crippen LogP contribution in [0.4, 0.5) is 0 Å². The lowest BCUT2D eigenvalue weighted by Gasteiger charge is -2.11. The molecule has 0 bridgehead atoms. The van der Waals surface area contributed by atoms with E-state index >= 15 is 0 Å². The van der Waals surface area contributed by atoms with Crippen molar-refractivity contribution in [2.24, 2.45) is 0 Å². The molecule has 20 heavy (non-hydrogen) atoms. The second-order valence-corrected chi connectivity index (χ2v) is 4.15. The summed E-state index contributed by atoms with van der Waals surface area (Å²) >= 11 is 0. The first-order valence-electron chi connectivity index (χ1n) is 5.82. The summed E-state index contributed by atoms with van der Waals surface area (Å²) in [6.45, 7) is 0. The fourth-order valence-corrected chi connectivity index (χ4v) is 1.54. The summed E-state index contributed by atoms with van der Waals surface area (Å²) in [5.74, 6) is 0.411. The Balaban J connectivity index is 2.29. The summed E-state index contributed by atoms with van der Waals surface area (Å²) < 4.78 is 5.50. The average Bonchev–Trinajstić information content (AvgIpc) is 2.47. The zero-order valence-electron chi connectivity index (χ0n) is 11.1. The molecule has 0 aliphatic rings. The molecule has 0 aliphatic carbocycles. The molecule has 0 atom stereocenters. The van der Waals surface area contributed by atoms with Gasteiger partial charge >= 0.3 is 0 Å². The minimum absolute atomic E-state index is 0.0943. The molecule has 6 nitrogen and oxygen atoms in total. The summed E-state index contributed by atoms with van der Waals surface area (Å²) in [4.78, 5) is 21.1. The molecule has 6 heteroatoms. The van der Waals surface area contributed by atoms with E-state index in [9.17, 15) is 4.79 Å². The number of ether oxygens (including phenoxy) is 1. The molecule has 0 spiro atoms. The number of nitrogens with zero attached hydrogens (tertiary/aromatic N) is 4. The highest BCUT2D eigenvalue weighted by molar-refractivity contribution is 5.94. The second kappa shape index (κ2) is 5.80. The molecule has 0 unspecified atom stereocenters. The summed E-state index contributed by atoms with van der Waals surface area (Å²) in [5, 5.41) is 8.92. The molecule has 0 saturated heterocycles. The van der Waals surface area contributed by atoms with Crippen molar-refractivity contribution in [1.29, 1.82) is 5.26 Å². The molecule has 1 aromatic heterocycles. The van der Waals surface area contributed by atoms with Crippen molar-refractivity contribution in [3.05, 3.63) is 47.9 Å². The van der Waals surface area contributed by atoms with Crippen LogP contribution in [0.1, 0.15) is 16.1 Å². The molecule has 1 amide bonds. The molecule has 0 saturated carbocycles. The number of carbonyl (C=O) groups excluding carboxylic acids is 1. The smallest absolute Gasteiger partial charge is 0.256 e. The van der Waals surface area contributed by atoms with E-state index in [0.29, 0.717) is 11.3 Å². The van der Waals surface area contributed by atoms with Gasteiger partial charge in [-0.05, 0) is 18.2 Å². The Labute approximate surface area is 116 Å². The number of benzene rings is 1. The number of hydrogen-bond donors (Lipinski definition) is 0. The van der Waals surface area contributed by atoms with E-state index in [4.69, 9.17) is 10.00 Å². The van der Waals surface area contributed by atoms with Crippen molar-refractivity contribution >= 4 is 5.91 Å². The van der Waals surface area contributed by atoms with E-state index in [0.717, 1.165) is 0 Å². The minimum atomic E-state index is -0.130. The lowest BCUT2D eigenvalue weighted by atomic mass is 10.2. The van der Waals surface area contributed by atoms with E-state index in [1.165, 1.54) is 17.3 Å². The molecular formula is C14H12N4O2. The van der Waals surface area contributed by atoms with Crippen molar-refractivity contribution < 1.29 is 9.53 Å². The van der Waals surface area contributed by atoms with Gasteiger partial charge in [0.1, 0.15) is 11.8 Å². The minimum Gasteiger partial charge on any atom is -0.436 e. The topological polar surface area (TPSA) is 79.1 Å². The first-order chi connectivity index (χ1) is 9.61. The van der Waals surface area contributed by atoms with Crippen molar-refractivity contribution in [2.45, 2.75) is 0 Å². The van der Waals surface area contributed by atoms with Gasteiger partial charge in [0.2, 0.25) is 5.69 Å². The maximum Gasteiger partial charge on any atom is 0.256 e. The molecule has 1 heterocycles. The van der Waals surface area contributed by atoms with Gasteiger partial charge in [-0.3, -0.25) is 4.79 Å². The summed E-state index contributed by atoms with van der Waals surface area (Å²) in [5.41, 5.74) is 0.590. The van der Waals surface area contributed by atoms with Crippen LogP contribution in [0.3, 0.4) is 0 Å². The molecular weight excluding hydrogens is 256 g/mol. The number of amides is 1. The molecule has 100 valence electrons. The lowest BCUT2D eigenvalue weighted by Crippen LogP contribution is -2.21. The van der Waals surface area contributed by atoms with E-state index < -0.39 is 0 Å². The Bertz CT molecular complexity index is 677. The number of rotatable bonds is 3. The molecule has 0 aliphatic heterocycles. The van der Waals surface area contributed by atoms with Crippen LogP contribution in [0, 0.1) is 11.3 Å². The number of nitriles is 1. The second-order valence-electron chi connectivity index (χ2n) is 4.15. The molecule has 0 fully saturated rings. The van der Waals surface area contributed by atoms with Crippen LogP contribution in [-0.4, -0.2) is 34.9 Å². The zero-order valence-corrected chi connectivity index (χ0v) is 11.1. The Morgan fingerprint density at radius 3 is 2.75 bits per heavy atom. The van der Waals surface area contributed by atoms with Gasteiger partial charge in [-0.15, -0.1) is 0 Å². The van der Waals surface area contributed by atoms with Crippen LogP contribution in [0.5, 0.6) is 11.6 Å². The van der Waals surface area contributed by atoms with Crippen LogP contribution in [0.2, 0.25) is 0 Å². The first kappa shape index (κ1) is 13.5. The average molecular weight is 268 g/mol. The monoisotopic (exact) mass is 268 g/mol. The van der Waals surface area contributed by atoms with Gasteiger partial charge in [0.25, 0.3) is 11.8 Å². The number of hydrogen-bond acceptors (Lipinski definition) is 5. The van der Waals surface area contributed by atoms with Gasteiger partial charge in [-0.2, -0.15) is 5.26 Å². The van der Waals surface area contributed by atoms with Crippen LogP contribution < -0.4 is 4.74 Å². The third-order valence-corrected chi connectivity index (χ3v) is 2.47. The third-order valence-electron chi connectivity index (χ3n) is 2.47. The highest BCUT2D eigenvalue weighted by Gasteiger charge is 2.11. The summed E-state index contributed by atoms with van der Waals surface area (Å²) in [6.07, 6.45) is 2.85. The Hall–Kier alpha value is -2.94. The fourth-order valence-electron chi connectivity index (χ4n) is 1.54. The van der Waals surface area contributed by atoms with Crippen LogP contribution >= 0.6 is 0 Å². The normalized spacial score (nSPS) is 9.65. The van der Waals surface area contributed by atoms with E-state index in [-0.39, 0.29) is 17.5 Å². The zero-order chi connectivity index (χ0) is 14.5. The van der Waals surface area contributed by atoms with Crippen LogP contribution in [0.15, 0.2) is 36.7 Å². The van der Waals surface area contributed by atoms with E-state index in [1.54, 1.807) is 38.4 Å². The highest BCUT2D eigenvalue weighted by atomic mass is 16.5. The summed E-state index contributed by atoms with van der Waals surface area (Å²) in [7, 11) is 3.35. The number of carbonyl (C=O) groups is 1. The number of aromatic nitrogens is 2. The van der Waals surface area contributed by atoms with Gasteiger partial charge in [0.15, 0.2) is 0 Å². The SMILES string of the molecule is CN(C)C(=O)c1cccc(Oc2nccnc2C#N)c1. The molecule has 2 aromatic rings. The maximum atomic E-state index is 11.9. The predicted octanol–water partition coefficient (Wildman–Crippen LogP) is 1.84. The van der Waals surface area contributed by atoms with E-state index in [2.05, 4.69) is 9.97 Å². The maximum absolute atomic E-state index is 11.9. The van der Waals surface area contributed by atoms with Crippen molar-refractivity contribution in [3.8, 4) is 17.7 Å². The van der Waals surface area contributed by atoms with Gasteiger partial charge in [-0.25, -0.2) is 9.97 Å². The van der Waals surface area contributed by atoms with Crippen molar-refractivity contribution in [1.82, 2.24) is 14.9 Å². The van der Waals surface area contributed by atoms with Crippen LogP contribution in [0.25, 0.3) is 0 Å². The molecule has 1 aromatic carbocycles. The van der Waals surface area contributed by atoms with E-state index in [1.807, 2.05) is 6.07 Å². The molecule has 2 rings (SSSR count). The predicted molar refractivity (Wildman–Crippen MR) is 71.3 cm³/mol. The van der Waals surface area contributed by atoms with Crippen molar-refractivity contribution in [3.63, 3.8) is 0 Å². The standard InChI is InChI=1S/C14H12N4O2/c1-18(2)14(19)10-4-3-5-11(8-10)20-13-12(9-15)16-6-7-17-13/h3-8H,1-2H3. The Morgan fingerprint density at radius 1 is 1.30 bits per heavy atom. The van der Waals surface area contributed by atoms with Gasteiger partial charge < -0.3 is 9.64 Å². The molecule has 0 radical (unpaired) electrons. The van der Waals surface area contributed by atoms with Gasteiger partial charge in [0, 0.05) is 32.1 Å². The highest BCUT2D eigenvalue weighted by Crippen LogP contribution is 2.22. The Kier molecular flexibility index (Phi) is 3.91. The quantitative estimate of drug-likeness (QED) is 0.848. The first-order valence-corrected chi connectivity index (χ1v) is 5.82. The lowest BCUT2D eigenvalue weighted by molar-refractivity contribution is 0.0827. The molecule has 0 N–H and O–H groups in total. The largest absolute Gasteiger partial charge is 0.436 e. The Morgan fingerprint density at radius 2 is 2.05 bits per heavy atom. The van der Waals surface area contributed by atoms with Crippen molar-refractivity contribution in [2.75, 3.05) is 14.1 Å². The van der Waals surface area contributed by atoms with Crippen LogP contribution in [-0.2, 0) is 0 Å². The summed E-state index contributed by atoms with van der Waals surface area (Å²) in [6, 6.07) is 8.57. The van der Waals surface area contributed by atoms with Gasteiger partial charge in [-0.1, -0.05) is 6.07 Å². The third kappa shape index (κ3) is 2.90. The fraction of sp³-hybridized carbons (Fsp3) is 0.143. The van der Waals surface area contributed by atoms with Gasteiger partial charge in [0.05, 0.1) is 0 Å².